The number of aliphatic hydroxyl groups is 1. The van der Waals surface area contributed by atoms with E-state index in [9.17, 15) is 0 Å². The molecule has 1 aromatic rings. The number of nitrogens with one attached hydrogen (secondary N) is 1. The number of ether oxygens (including phenoxy) is 1. The van der Waals surface area contributed by atoms with Gasteiger partial charge in [-0.2, -0.15) is 15.0 Å². The first-order valence-electron chi connectivity index (χ1n) is 6.16. The maximum atomic E-state index is 8.92. The largest absolute Gasteiger partial charge is 0.464 e. The maximum Gasteiger partial charge on any atom is 0.323 e. The molecule has 1 rings (SSSR count). The van der Waals surface area contributed by atoms with Crippen LogP contribution in [0.4, 0.5) is 11.9 Å². The predicted molar refractivity (Wildman–Crippen MR) is 70.1 cm³/mol. The van der Waals surface area contributed by atoms with Crippen LogP contribution in [-0.4, -0.2) is 53.4 Å². The third kappa shape index (κ3) is 4.33. The Morgan fingerprint density at radius 3 is 2.67 bits per heavy atom. The van der Waals surface area contributed by atoms with Crippen LogP contribution in [0.15, 0.2) is 0 Å². The highest BCUT2D eigenvalue weighted by Crippen LogP contribution is 2.13. The number of rotatable bonds is 8. The molecule has 1 heterocycles. The lowest BCUT2D eigenvalue weighted by molar-refractivity contribution is 0.301. The summed E-state index contributed by atoms with van der Waals surface area (Å²) in [6.07, 6.45) is 0.984. The van der Waals surface area contributed by atoms with Crippen molar-refractivity contribution in [3.05, 3.63) is 0 Å². The lowest BCUT2D eigenvalue weighted by Crippen LogP contribution is -2.24. The molecule has 0 bridgehead atoms. The van der Waals surface area contributed by atoms with E-state index in [0.717, 1.165) is 13.0 Å². The fraction of sp³-hybridized carbons (Fsp3) is 0.727. The molecule has 0 amide bonds. The molecule has 0 radical (unpaired) electrons. The van der Waals surface area contributed by atoms with Crippen molar-refractivity contribution < 1.29 is 9.84 Å². The van der Waals surface area contributed by atoms with Crippen LogP contribution in [0.2, 0.25) is 0 Å². The van der Waals surface area contributed by atoms with E-state index in [-0.39, 0.29) is 6.61 Å². The van der Waals surface area contributed by atoms with E-state index < -0.39 is 0 Å². The molecule has 0 unspecified atom stereocenters. The molecule has 18 heavy (non-hydrogen) atoms. The van der Waals surface area contributed by atoms with E-state index in [0.29, 0.717) is 31.1 Å². The van der Waals surface area contributed by atoms with Gasteiger partial charge in [-0.25, -0.2) is 0 Å². The lowest BCUT2D eigenvalue weighted by Gasteiger charge is -2.16. The summed E-state index contributed by atoms with van der Waals surface area (Å²) in [5, 5.41) is 12.0. The van der Waals surface area contributed by atoms with E-state index >= 15 is 0 Å². The van der Waals surface area contributed by atoms with Crippen molar-refractivity contribution in [2.75, 3.05) is 43.6 Å². The van der Waals surface area contributed by atoms with Gasteiger partial charge in [0, 0.05) is 20.1 Å². The monoisotopic (exact) mass is 255 g/mol. The maximum absolute atomic E-state index is 8.92. The average Bonchev–Trinajstić information content (AvgIpc) is 2.37. The van der Waals surface area contributed by atoms with Crippen LogP contribution in [0.5, 0.6) is 6.01 Å². The van der Waals surface area contributed by atoms with Gasteiger partial charge in [-0.1, -0.05) is 6.92 Å². The van der Waals surface area contributed by atoms with Crippen LogP contribution in [0, 0.1) is 0 Å². The molecule has 0 aliphatic carbocycles. The zero-order chi connectivity index (χ0) is 13.4. The molecule has 0 fully saturated rings. The number of anilines is 2. The molecule has 2 N–H and O–H groups in total. The Morgan fingerprint density at radius 1 is 1.28 bits per heavy atom. The molecule has 7 heteroatoms. The number of nitrogens with zero attached hydrogens (tertiary/aromatic N) is 4. The quantitative estimate of drug-likeness (QED) is 0.700. The fourth-order valence-corrected chi connectivity index (χ4v) is 1.28. The SMILES string of the molecule is CCCNc1nc(OCC)nc(N(C)CCO)n1. The van der Waals surface area contributed by atoms with Gasteiger partial charge in [-0.3, -0.25) is 0 Å². The molecular weight excluding hydrogens is 234 g/mol. The molecule has 0 spiro atoms. The Balaban J connectivity index is 2.89. The number of hydrogen-bond donors (Lipinski definition) is 2. The Kier molecular flexibility index (Phi) is 6.13. The molecule has 0 atom stereocenters. The van der Waals surface area contributed by atoms with Gasteiger partial charge in [0.2, 0.25) is 11.9 Å². The zero-order valence-electron chi connectivity index (χ0n) is 11.2. The van der Waals surface area contributed by atoms with Gasteiger partial charge in [0.05, 0.1) is 13.2 Å². The van der Waals surface area contributed by atoms with Crippen molar-refractivity contribution in [1.82, 2.24) is 15.0 Å². The van der Waals surface area contributed by atoms with Crippen molar-refractivity contribution in [2.24, 2.45) is 0 Å². The van der Waals surface area contributed by atoms with Crippen molar-refractivity contribution >= 4 is 11.9 Å². The summed E-state index contributed by atoms with van der Waals surface area (Å²) in [4.78, 5) is 14.4. The van der Waals surface area contributed by atoms with Gasteiger partial charge in [-0.05, 0) is 13.3 Å². The minimum atomic E-state index is 0.0455. The Morgan fingerprint density at radius 2 is 2.06 bits per heavy atom. The molecule has 0 aromatic carbocycles. The van der Waals surface area contributed by atoms with Crippen molar-refractivity contribution in [3.8, 4) is 6.01 Å². The Hall–Kier alpha value is -1.63. The Labute approximate surface area is 107 Å². The van der Waals surface area contributed by atoms with Gasteiger partial charge in [-0.15, -0.1) is 0 Å². The van der Waals surface area contributed by atoms with Crippen LogP contribution in [0.25, 0.3) is 0 Å². The van der Waals surface area contributed by atoms with Gasteiger partial charge < -0.3 is 20.1 Å². The number of hydrogen-bond acceptors (Lipinski definition) is 7. The molecular formula is C11H21N5O2. The molecule has 102 valence electrons. The standard InChI is InChI=1S/C11H21N5O2/c1-4-6-12-9-13-10(16(3)7-8-17)15-11(14-9)18-5-2/h17H,4-8H2,1-3H3,(H,12,13,14,15). The van der Waals surface area contributed by atoms with Crippen molar-refractivity contribution in [3.63, 3.8) is 0 Å². The van der Waals surface area contributed by atoms with Crippen LogP contribution in [0.3, 0.4) is 0 Å². The first kappa shape index (κ1) is 14.4. The van der Waals surface area contributed by atoms with Gasteiger partial charge in [0.1, 0.15) is 0 Å². The minimum Gasteiger partial charge on any atom is -0.464 e. The third-order valence-electron chi connectivity index (χ3n) is 2.19. The van der Waals surface area contributed by atoms with Gasteiger partial charge in [0.25, 0.3) is 0 Å². The Bertz CT molecular complexity index is 361. The second-order valence-electron chi connectivity index (χ2n) is 3.75. The first-order valence-corrected chi connectivity index (χ1v) is 6.16. The van der Waals surface area contributed by atoms with Crippen LogP contribution >= 0.6 is 0 Å². The third-order valence-corrected chi connectivity index (χ3v) is 2.19. The number of aliphatic hydroxyl groups excluding tert-OH is 1. The number of aromatic nitrogens is 3. The second kappa shape index (κ2) is 7.65. The highest BCUT2D eigenvalue weighted by Gasteiger charge is 2.10. The molecule has 7 nitrogen and oxygen atoms in total. The van der Waals surface area contributed by atoms with E-state index in [1.54, 1.807) is 4.90 Å². The van der Waals surface area contributed by atoms with Gasteiger partial charge in [0.15, 0.2) is 0 Å². The summed E-state index contributed by atoms with van der Waals surface area (Å²) in [7, 11) is 1.81. The van der Waals surface area contributed by atoms with E-state index in [1.807, 2.05) is 14.0 Å². The zero-order valence-corrected chi connectivity index (χ0v) is 11.2. The molecule has 0 aliphatic heterocycles. The van der Waals surface area contributed by atoms with E-state index in [1.165, 1.54) is 0 Å². The fourth-order valence-electron chi connectivity index (χ4n) is 1.28. The van der Waals surface area contributed by atoms with Crippen molar-refractivity contribution in [2.45, 2.75) is 20.3 Å². The highest BCUT2D eigenvalue weighted by molar-refractivity contribution is 5.37. The lowest BCUT2D eigenvalue weighted by atomic mass is 10.5. The summed E-state index contributed by atoms with van der Waals surface area (Å²) in [5.41, 5.74) is 0. The first-order chi connectivity index (χ1) is 8.71. The average molecular weight is 255 g/mol. The summed E-state index contributed by atoms with van der Waals surface area (Å²) in [5.74, 6) is 0.983. The number of likely N-dealkylation sites (N-methyl/N-ethyl adjacent to an activating group) is 1. The smallest absolute Gasteiger partial charge is 0.323 e. The van der Waals surface area contributed by atoms with Crippen LogP contribution in [0.1, 0.15) is 20.3 Å². The highest BCUT2D eigenvalue weighted by atomic mass is 16.5. The van der Waals surface area contributed by atoms with E-state index in [2.05, 4.69) is 27.2 Å². The summed E-state index contributed by atoms with van der Waals surface area (Å²) in [6, 6.07) is 0.297. The molecule has 0 saturated carbocycles. The molecule has 1 aromatic heterocycles. The van der Waals surface area contributed by atoms with Crippen molar-refractivity contribution in [1.29, 1.82) is 0 Å². The van der Waals surface area contributed by atoms with E-state index in [4.69, 9.17) is 9.84 Å². The molecule has 0 aliphatic rings. The minimum absolute atomic E-state index is 0.0455. The summed E-state index contributed by atoms with van der Waals surface area (Å²) in [6.45, 7) is 5.74. The normalized spacial score (nSPS) is 10.2. The predicted octanol–water partition coefficient (Wildman–Crippen LogP) is 0.521. The van der Waals surface area contributed by atoms with Crippen LogP contribution < -0.4 is 15.0 Å². The topological polar surface area (TPSA) is 83.4 Å². The van der Waals surface area contributed by atoms with Gasteiger partial charge >= 0.3 is 6.01 Å². The summed E-state index contributed by atoms with van der Waals surface area (Å²) < 4.78 is 5.30. The van der Waals surface area contributed by atoms with Crippen LogP contribution in [-0.2, 0) is 0 Å². The second-order valence-corrected chi connectivity index (χ2v) is 3.75. The molecule has 0 saturated heterocycles. The summed E-state index contributed by atoms with van der Waals surface area (Å²) >= 11 is 0.